The van der Waals surface area contributed by atoms with Crippen molar-refractivity contribution in [2.24, 2.45) is 11.1 Å². The molecule has 0 saturated heterocycles. The average Bonchev–Trinajstić information content (AvgIpc) is 2.75. The molecule has 3 N–H and O–H groups in total. The summed E-state index contributed by atoms with van der Waals surface area (Å²) in [6.07, 6.45) is 1.17. The van der Waals surface area contributed by atoms with Crippen LogP contribution < -0.4 is 5.73 Å². The van der Waals surface area contributed by atoms with Crippen molar-refractivity contribution < 1.29 is 0 Å². The number of benzene rings is 1. The van der Waals surface area contributed by atoms with E-state index in [-0.39, 0.29) is 5.41 Å². The summed E-state index contributed by atoms with van der Waals surface area (Å²) in [6.45, 7) is 12.8. The smallest absolute Gasteiger partial charge is 0.0459 e. The summed E-state index contributed by atoms with van der Waals surface area (Å²) in [5.74, 6) is 0. The number of aromatic nitrogens is 1. The number of rotatable bonds is 7. The molecule has 0 radical (unpaired) electrons. The molecular formula is C18H29N3. The molecule has 0 spiro atoms. The van der Waals surface area contributed by atoms with Crippen molar-refractivity contribution in [3.63, 3.8) is 0 Å². The Labute approximate surface area is 128 Å². The SMILES string of the molecule is CCCN(Cc1c(C)[nH]c2ccccc12)CC(C)(C)CN. The van der Waals surface area contributed by atoms with E-state index >= 15 is 0 Å². The lowest BCUT2D eigenvalue weighted by atomic mass is 9.92. The standard InChI is InChI=1S/C18H29N3/c1-5-10-21(13-18(3,4)12-19)11-16-14(2)20-17-9-7-6-8-15(16)17/h6-9,20H,5,10-13,19H2,1-4H3. The van der Waals surface area contributed by atoms with Crippen molar-refractivity contribution in [1.82, 2.24) is 9.88 Å². The Bertz CT molecular complexity index is 583. The third-order valence-corrected chi connectivity index (χ3v) is 4.15. The number of para-hydroxylation sites is 1. The van der Waals surface area contributed by atoms with Gasteiger partial charge >= 0.3 is 0 Å². The average molecular weight is 287 g/mol. The Balaban J connectivity index is 2.24. The van der Waals surface area contributed by atoms with Crippen molar-refractivity contribution >= 4 is 10.9 Å². The van der Waals surface area contributed by atoms with Gasteiger partial charge in [-0.25, -0.2) is 0 Å². The maximum atomic E-state index is 5.91. The van der Waals surface area contributed by atoms with E-state index in [0.29, 0.717) is 0 Å². The zero-order valence-electron chi connectivity index (χ0n) is 13.9. The molecule has 0 saturated carbocycles. The second kappa shape index (κ2) is 6.63. The molecule has 0 aliphatic carbocycles. The largest absolute Gasteiger partial charge is 0.358 e. The van der Waals surface area contributed by atoms with Crippen LogP contribution in [0.4, 0.5) is 0 Å². The van der Waals surface area contributed by atoms with Crippen LogP contribution >= 0.6 is 0 Å². The normalized spacial score (nSPS) is 12.5. The van der Waals surface area contributed by atoms with Crippen molar-refractivity contribution in [2.75, 3.05) is 19.6 Å². The topological polar surface area (TPSA) is 45.0 Å². The number of nitrogens with one attached hydrogen (secondary N) is 1. The van der Waals surface area contributed by atoms with Gasteiger partial charge in [-0.1, -0.05) is 39.0 Å². The zero-order valence-corrected chi connectivity index (χ0v) is 13.9. The molecule has 2 rings (SSSR count). The van der Waals surface area contributed by atoms with Crippen molar-refractivity contribution in [3.8, 4) is 0 Å². The molecule has 3 heteroatoms. The summed E-state index contributed by atoms with van der Waals surface area (Å²) < 4.78 is 0. The molecule has 0 aliphatic heterocycles. The van der Waals surface area contributed by atoms with Crippen LogP contribution in [-0.4, -0.2) is 29.5 Å². The lowest BCUT2D eigenvalue weighted by Crippen LogP contribution is -2.38. The molecule has 0 amide bonds. The molecule has 0 fully saturated rings. The molecular weight excluding hydrogens is 258 g/mol. The summed E-state index contributed by atoms with van der Waals surface area (Å²) in [7, 11) is 0. The van der Waals surface area contributed by atoms with Crippen molar-refractivity contribution in [2.45, 2.75) is 40.7 Å². The van der Waals surface area contributed by atoms with Gasteiger partial charge < -0.3 is 10.7 Å². The number of aromatic amines is 1. The quantitative estimate of drug-likeness (QED) is 0.816. The van der Waals surface area contributed by atoms with E-state index < -0.39 is 0 Å². The van der Waals surface area contributed by atoms with E-state index in [2.05, 4.69) is 61.8 Å². The lowest BCUT2D eigenvalue weighted by molar-refractivity contribution is 0.176. The number of hydrogen-bond acceptors (Lipinski definition) is 2. The summed E-state index contributed by atoms with van der Waals surface area (Å²) in [5, 5.41) is 1.35. The number of aryl methyl sites for hydroxylation is 1. The highest BCUT2D eigenvalue weighted by Gasteiger charge is 2.21. The Kier molecular flexibility index (Phi) is 5.07. The fraction of sp³-hybridized carbons (Fsp3) is 0.556. The van der Waals surface area contributed by atoms with Crippen LogP contribution in [0, 0.1) is 12.3 Å². The minimum atomic E-state index is 0.162. The Morgan fingerprint density at radius 1 is 1.24 bits per heavy atom. The maximum Gasteiger partial charge on any atom is 0.0459 e. The first-order valence-corrected chi connectivity index (χ1v) is 7.95. The molecule has 2 aromatic rings. The highest BCUT2D eigenvalue weighted by molar-refractivity contribution is 5.84. The molecule has 1 aromatic carbocycles. The maximum absolute atomic E-state index is 5.91. The third kappa shape index (κ3) is 3.86. The minimum absolute atomic E-state index is 0.162. The van der Waals surface area contributed by atoms with Gasteiger partial charge in [-0.2, -0.15) is 0 Å². The lowest BCUT2D eigenvalue weighted by Gasteiger charge is -2.31. The highest BCUT2D eigenvalue weighted by Crippen LogP contribution is 2.25. The molecule has 0 bridgehead atoms. The van der Waals surface area contributed by atoms with Crippen molar-refractivity contribution in [1.29, 1.82) is 0 Å². The van der Waals surface area contributed by atoms with Gasteiger partial charge in [-0.3, -0.25) is 4.90 Å². The molecule has 116 valence electrons. The molecule has 0 unspecified atom stereocenters. The Morgan fingerprint density at radius 2 is 1.95 bits per heavy atom. The van der Waals surface area contributed by atoms with Crippen LogP contribution in [0.2, 0.25) is 0 Å². The second-order valence-corrected chi connectivity index (χ2v) is 6.85. The predicted molar refractivity (Wildman–Crippen MR) is 91.4 cm³/mol. The van der Waals surface area contributed by atoms with E-state index in [9.17, 15) is 0 Å². The van der Waals surface area contributed by atoms with E-state index in [4.69, 9.17) is 5.73 Å². The number of nitrogens with zero attached hydrogens (tertiary/aromatic N) is 1. The van der Waals surface area contributed by atoms with Gasteiger partial charge in [0.2, 0.25) is 0 Å². The summed E-state index contributed by atoms with van der Waals surface area (Å²) >= 11 is 0. The van der Waals surface area contributed by atoms with Gasteiger partial charge in [0.1, 0.15) is 0 Å². The highest BCUT2D eigenvalue weighted by atomic mass is 15.1. The van der Waals surface area contributed by atoms with Gasteiger partial charge in [0.05, 0.1) is 0 Å². The molecule has 1 heterocycles. The predicted octanol–water partition coefficient (Wildman–Crippen LogP) is 3.67. The first-order valence-electron chi connectivity index (χ1n) is 7.95. The fourth-order valence-electron chi connectivity index (χ4n) is 2.96. The Morgan fingerprint density at radius 3 is 2.62 bits per heavy atom. The van der Waals surface area contributed by atoms with Gasteiger partial charge in [-0.05, 0) is 43.5 Å². The van der Waals surface area contributed by atoms with Crippen LogP contribution in [0.5, 0.6) is 0 Å². The van der Waals surface area contributed by atoms with E-state index in [1.54, 1.807) is 0 Å². The van der Waals surface area contributed by atoms with Gasteiger partial charge in [0.15, 0.2) is 0 Å². The summed E-state index contributed by atoms with van der Waals surface area (Å²) in [4.78, 5) is 6.04. The fourth-order valence-corrected chi connectivity index (χ4v) is 2.96. The molecule has 0 aliphatic rings. The van der Waals surface area contributed by atoms with Gasteiger partial charge in [0, 0.05) is 29.7 Å². The first-order chi connectivity index (χ1) is 9.96. The van der Waals surface area contributed by atoms with Crippen LogP contribution in [0.1, 0.15) is 38.4 Å². The van der Waals surface area contributed by atoms with E-state index in [1.807, 2.05) is 0 Å². The van der Waals surface area contributed by atoms with Gasteiger partial charge in [0.25, 0.3) is 0 Å². The van der Waals surface area contributed by atoms with Crippen LogP contribution in [0.25, 0.3) is 10.9 Å². The van der Waals surface area contributed by atoms with E-state index in [1.165, 1.54) is 28.6 Å². The number of nitrogens with two attached hydrogens (primary N) is 1. The molecule has 21 heavy (non-hydrogen) atoms. The molecule has 3 nitrogen and oxygen atoms in total. The van der Waals surface area contributed by atoms with Crippen LogP contribution in [0.15, 0.2) is 24.3 Å². The van der Waals surface area contributed by atoms with E-state index in [0.717, 1.165) is 26.2 Å². The first kappa shape index (κ1) is 16.1. The third-order valence-electron chi connectivity index (χ3n) is 4.15. The zero-order chi connectivity index (χ0) is 15.5. The molecule has 1 aromatic heterocycles. The monoisotopic (exact) mass is 287 g/mol. The van der Waals surface area contributed by atoms with Gasteiger partial charge in [-0.15, -0.1) is 0 Å². The van der Waals surface area contributed by atoms with Crippen molar-refractivity contribution in [3.05, 3.63) is 35.5 Å². The molecule has 0 atom stereocenters. The Hall–Kier alpha value is -1.32. The van der Waals surface area contributed by atoms with Crippen LogP contribution in [0.3, 0.4) is 0 Å². The summed E-state index contributed by atoms with van der Waals surface area (Å²) in [5.41, 5.74) is 10.0. The summed E-state index contributed by atoms with van der Waals surface area (Å²) in [6, 6.07) is 8.57. The number of fused-ring (bicyclic) bond motifs is 1. The number of hydrogen-bond donors (Lipinski definition) is 2. The number of H-pyrrole nitrogens is 1. The minimum Gasteiger partial charge on any atom is -0.358 e. The second-order valence-electron chi connectivity index (χ2n) is 6.85. The van der Waals surface area contributed by atoms with Crippen LogP contribution in [-0.2, 0) is 6.54 Å².